The average molecular weight is 276 g/mol. The van der Waals surface area contributed by atoms with Crippen molar-refractivity contribution in [3.05, 3.63) is 29.6 Å². The molecule has 3 rings (SSSR count). The quantitative estimate of drug-likeness (QED) is 0.852. The first kappa shape index (κ1) is 13.9. The van der Waals surface area contributed by atoms with Crippen LogP contribution < -0.4 is 10.2 Å². The molecule has 1 aliphatic heterocycles. The molecule has 0 spiro atoms. The molecule has 0 radical (unpaired) electrons. The van der Waals surface area contributed by atoms with Crippen LogP contribution in [0.4, 0.5) is 10.1 Å². The molecule has 1 atom stereocenters. The van der Waals surface area contributed by atoms with E-state index in [1.165, 1.54) is 32.1 Å². The number of para-hydroxylation sites is 1. The predicted octanol–water partition coefficient (Wildman–Crippen LogP) is 3.70. The molecule has 0 bridgehead atoms. The fourth-order valence-corrected chi connectivity index (χ4v) is 3.28. The van der Waals surface area contributed by atoms with Gasteiger partial charge in [-0.3, -0.25) is 0 Å². The smallest absolute Gasteiger partial charge is 0.146 e. The second-order valence-electron chi connectivity index (χ2n) is 6.29. The van der Waals surface area contributed by atoms with Gasteiger partial charge in [0.1, 0.15) is 5.82 Å². The SMILES string of the molecule is CCCC1CCN(c2c(F)cccc2CNC2CC2)C1. The molecule has 20 heavy (non-hydrogen) atoms. The first-order valence-corrected chi connectivity index (χ1v) is 8.03. The zero-order valence-electron chi connectivity index (χ0n) is 12.4. The van der Waals surface area contributed by atoms with Crippen molar-refractivity contribution in [2.75, 3.05) is 18.0 Å². The highest BCUT2D eigenvalue weighted by molar-refractivity contribution is 5.55. The molecule has 0 aromatic heterocycles. The molecule has 1 heterocycles. The van der Waals surface area contributed by atoms with Gasteiger partial charge in [-0.15, -0.1) is 0 Å². The molecule has 1 aliphatic carbocycles. The van der Waals surface area contributed by atoms with Gasteiger partial charge in [0, 0.05) is 25.7 Å². The van der Waals surface area contributed by atoms with Crippen LogP contribution in [0.1, 0.15) is 44.6 Å². The van der Waals surface area contributed by atoms with E-state index < -0.39 is 0 Å². The second-order valence-corrected chi connectivity index (χ2v) is 6.29. The lowest BCUT2D eigenvalue weighted by Gasteiger charge is -2.23. The van der Waals surface area contributed by atoms with E-state index in [0.29, 0.717) is 6.04 Å². The van der Waals surface area contributed by atoms with Crippen molar-refractivity contribution in [2.45, 2.75) is 51.6 Å². The van der Waals surface area contributed by atoms with Crippen molar-refractivity contribution in [3.63, 3.8) is 0 Å². The molecule has 110 valence electrons. The monoisotopic (exact) mass is 276 g/mol. The summed E-state index contributed by atoms with van der Waals surface area (Å²) in [6.07, 6.45) is 6.24. The summed E-state index contributed by atoms with van der Waals surface area (Å²) in [5.74, 6) is 0.682. The maximum atomic E-state index is 14.3. The zero-order valence-corrected chi connectivity index (χ0v) is 12.4. The Morgan fingerprint density at radius 3 is 2.90 bits per heavy atom. The normalized spacial score (nSPS) is 22.5. The Bertz CT molecular complexity index is 456. The van der Waals surface area contributed by atoms with E-state index in [0.717, 1.165) is 36.8 Å². The Kier molecular flexibility index (Phi) is 4.25. The second kappa shape index (κ2) is 6.13. The van der Waals surface area contributed by atoms with Crippen LogP contribution in [0.3, 0.4) is 0 Å². The molecular formula is C17H25FN2. The Labute approximate surface area is 121 Å². The molecule has 1 saturated heterocycles. The molecular weight excluding hydrogens is 251 g/mol. The van der Waals surface area contributed by atoms with Crippen molar-refractivity contribution in [1.29, 1.82) is 0 Å². The van der Waals surface area contributed by atoms with E-state index in [-0.39, 0.29) is 5.82 Å². The van der Waals surface area contributed by atoms with Crippen molar-refractivity contribution < 1.29 is 4.39 Å². The van der Waals surface area contributed by atoms with Gasteiger partial charge in [0.2, 0.25) is 0 Å². The summed E-state index contributed by atoms with van der Waals surface area (Å²) in [4.78, 5) is 2.26. The van der Waals surface area contributed by atoms with E-state index in [4.69, 9.17) is 0 Å². The third-order valence-corrected chi connectivity index (χ3v) is 4.53. The highest BCUT2D eigenvalue weighted by Crippen LogP contribution is 2.32. The Morgan fingerprint density at radius 1 is 1.30 bits per heavy atom. The van der Waals surface area contributed by atoms with Crippen LogP contribution in [0.25, 0.3) is 0 Å². The first-order valence-electron chi connectivity index (χ1n) is 8.03. The summed E-state index contributed by atoms with van der Waals surface area (Å²) in [5, 5.41) is 3.51. The van der Waals surface area contributed by atoms with Crippen molar-refractivity contribution in [3.8, 4) is 0 Å². The van der Waals surface area contributed by atoms with Gasteiger partial charge < -0.3 is 10.2 Å². The minimum absolute atomic E-state index is 0.0581. The zero-order chi connectivity index (χ0) is 13.9. The fourth-order valence-electron chi connectivity index (χ4n) is 3.28. The van der Waals surface area contributed by atoms with Gasteiger partial charge in [-0.05, 0) is 43.2 Å². The predicted molar refractivity (Wildman–Crippen MR) is 81.5 cm³/mol. The third-order valence-electron chi connectivity index (χ3n) is 4.53. The largest absolute Gasteiger partial charge is 0.369 e. The molecule has 1 N–H and O–H groups in total. The third kappa shape index (κ3) is 3.14. The van der Waals surface area contributed by atoms with Gasteiger partial charge in [0.25, 0.3) is 0 Å². The lowest BCUT2D eigenvalue weighted by molar-refractivity contribution is 0.528. The maximum Gasteiger partial charge on any atom is 0.146 e. The van der Waals surface area contributed by atoms with E-state index in [9.17, 15) is 4.39 Å². The standard InChI is InChI=1S/C17H25FN2/c1-2-4-13-9-10-20(12-13)17-14(5-3-6-16(17)18)11-19-15-7-8-15/h3,5-6,13,15,19H,2,4,7-12H2,1H3. The number of halogens is 1. The van der Waals surface area contributed by atoms with E-state index in [1.807, 2.05) is 6.07 Å². The molecule has 3 heteroatoms. The summed E-state index contributed by atoms with van der Waals surface area (Å²) in [6.45, 7) is 5.05. The van der Waals surface area contributed by atoms with Crippen LogP contribution in [-0.4, -0.2) is 19.1 Å². The number of nitrogens with zero attached hydrogens (tertiary/aromatic N) is 1. The summed E-state index contributed by atoms with van der Waals surface area (Å²) >= 11 is 0. The van der Waals surface area contributed by atoms with Gasteiger partial charge in [-0.1, -0.05) is 25.5 Å². The fraction of sp³-hybridized carbons (Fsp3) is 0.647. The molecule has 1 saturated carbocycles. The molecule has 2 aliphatic rings. The van der Waals surface area contributed by atoms with E-state index in [2.05, 4.69) is 23.2 Å². The molecule has 1 aromatic carbocycles. The number of nitrogens with one attached hydrogen (secondary N) is 1. The van der Waals surface area contributed by atoms with Gasteiger partial charge in [-0.25, -0.2) is 4.39 Å². The number of anilines is 1. The maximum absolute atomic E-state index is 14.3. The highest BCUT2D eigenvalue weighted by Gasteiger charge is 2.26. The van der Waals surface area contributed by atoms with Gasteiger partial charge in [0.05, 0.1) is 5.69 Å². The minimum Gasteiger partial charge on any atom is -0.369 e. The first-order chi connectivity index (χ1) is 9.78. The topological polar surface area (TPSA) is 15.3 Å². The van der Waals surface area contributed by atoms with Gasteiger partial charge in [-0.2, -0.15) is 0 Å². The highest BCUT2D eigenvalue weighted by atomic mass is 19.1. The minimum atomic E-state index is -0.0581. The van der Waals surface area contributed by atoms with Crippen LogP contribution in [0.2, 0.25) is 0 Å². The lowest BCUT2D eigenvalue weighted by Crippen LogP contribution is -2.24. The number of hydrogen-bond donors (Lipinski definition) is 1. The molecule has 2 nitrogen and oxygen atoms in total. The number of benzene rings is 1. The average Bonchev–Trinajstić information content (AvgIpc) is 3.16. The summed E-state index contributed by atoms with van der Waals surface area (Å²) in [6, 6.07) is 6.17. The Hall–Kier alpha value is -1.09. The molecule has 1 unspecified atom stereocenters. The van der Waals surface area contributed by atoms with Gasteiger partial charge >= 0.3 is 0 Å². The van der Waals surface area contributed by atoms with Crippen LogP contribution in [0, 0.1) is 11.7 Å². The van der Waals surface area contributed by atoms with Crippen molar-refractivity contribution in [2.24, 2.45) is 5.92 Å². The summed E-state index contributed by atoms with van der Waals surface area (Å²) in [5.41, 5.74) is 1.97. The summed E-state index contributed by atoms with van der Waals surface area (Å²) in [7, 11) is 0. The Morgan fingerprint density at radius 2 is 2.15 bits per heavy atom. The molecule has 2 fully saturated rings. The van der Waals surface area contributed by atoms with Crippen LogP contribution >= 0.6 is 0 Å². The van der Waals surface area contributed by atoms with Crippen molar-refractivity contribution >= 4 is 5.69 Å². The van der Waals surface area contributed by atoms with E-state index in [1.54, 1.807) is 6.07 Å². The number of rotatable bonds is 6. The van der Waals surface area contributed by atoms with Crippen LogP contribution in [0.5, 0.6) is 0 Å². The molecule has 0 amide bonds. The lowest BCUT2D eigenvalue weighted by atomic mass is 10.0. The molecule has 1 aromatic rings. The number of hydrogen-bond acceptors (Lipinski definition) is 2. The Balaban J connectivity index is 1.73. The van der Waals surface area contributed by atoms with Crippen LogP contribution in [0.15, 0.2) is 18.2 Å². The van der Waals surface area contributed by atoms with Crippen LogP contribution in [-0.2, 0) is 6.54 Å². The van der Waals surface area contributed by atoms with Crippen molar-refractivity contribution in [1.82, 2.24) is 5.32 Å². The summed E-state index contributed by atoms with van der Waals surface area (Å²) < 4.78 is 14.3. The van der Waals surface area contributed by atoms with Gasteiger partial charge in [0.15, 0.2) is 0 Å². The van der Waals surface area contributed by atoms with E-state index >= 15 is 0 Å².